The topological polar surface area (TPSA) is 41.3 Å². The number of aryl methyl sites for hydroxylation is 1. The van der Waals surface area contributed by atoms with Crippen LogP contribution in [0.3, 0.4) is 0 Å². The van der Waals surface area contributed by atoms with Gasteiger partial charge in [0.05, 0.1) is 10.7 Å². The van der Waals surface area contributed by atoms with Gasteiger partial charge in [0.15, 0.2) is 0 Å². The Bertz CT molecular complexity index is 584. The number of hydrogen-bond donors (Lipinski definition) is 2. The molecule has 112 valence electrons. The van der Waals surface area contributed by atoms with Crippen molar-refractivity contribution < 1.29 is 0 Å². The fraction of sp³-hybridized carbons (Fsp3) is 0.294. The number of nitrogens with one attached hydrogen (secondary N) is 1. The van der Waals surface area contributed by atoms with Gasteiger partial charge in [-0.15, -0.1) is 0 Å². The average Bonchev–Trinajstić information content (AvgIpc) is 2.49. The third-order valence-electron chi connectivity index (χ3n) is 3.53. The van der Waals surface area contributed by atoms with Crippen molar-refractivity contribution in [3.05, 3.63) is 53.1 Å². The number of nitrogens with two attached hydrogens (primary N) is 1. The predicted molar refractivity (Wildman–Crippen MR) is 93.4 cm³/mol. The van der Waals surface area contributed by atoms with Gasteiger partial charge in [-0.2, -0.15) is 0 Å². The quantitative estimate of drug-likeness (QED) is 0.621. The van der Waals surface area contributed by atoms with Crippen LogP contribution < -0.4 is 16.0 Å². The molecule has 3 N–H and O–H groups in total. The zero-order valence-electron chi connectivity index (χ0n) is 12.6. The van der Waals surface area contributed by atoms with Crippen LogP contribution in [-0.4, -0.2) is 20.1 Å². The molecule has 0 atom stereocenters. The Morgan fingerprint density at radius 3 is 2.62 bits per heavy atom. The standard InChI is InChI=1S/C17H22ClN3/c1-13-11-16(19)15(18)12-17(13)20-9-6-10-21(2)14-7-4-3-5-8-14/h3-5,7-8,11-12,20H,6,9-10,19H2,1-2H3. The zero-order chi connectivity index (χ0) is 15.2. The molecule has 0 aliphatic carbocycles. The molecule has 2 rings (SSSR count). The van der Waals surface area contributed by atoms with Gasteiger partial charge in [0.25, 0.3) is 0 Å². The summed E-state index contributed by atoms with van der Waals surface area (Å²) in [4.78, 5) is 2.25. The summed E-state index contributed by atoms with van der Waals surface area (Å²) in [5.74, 6) is 0. The first kappa shape index (κ1) is 15.5. The van der Waals surface area contributed by atoms with Gasteiger partial charge in [-0.1, -0.05) is 29.8 Å². The van der Waals surface area contributed by atoms with Crippen LogP contribution in [0.25, 0.3) is 0 Å². The summed E-state index contributed by atoms with van der Waals surface area (Å²) < 4.78 is 0. The van der Waals surface area contributed by atoms with Crippen LogP contribution >= 0.6 is 11.6 Å². The van der Waals surface area contributed by atoms with Gasteiger partial charge in [-0.3, -0.25) is 0 Å². The van der Waals surface area contributed by atoms with Gasteiger partial charge < -0.3 is 16.0 Å². The van der Waals surface area contributed by atoms with Crippen LogP contribution in [0.15, 0.2) is 42.5 Å². The summed E-state index contributed by atoms with van der Waals surface area (Å²) >= 11 is 6.06. The van der Waals surface area contributed by atoms with Crippen LogP contribution in [0.2, 0.25) is 5.02 Å². The molecule has 0 heterocycles. The van der Waals surface area contributed by atoms with Crippen LogP contribution in [-0.2, 0) is 0 Å². The number of benzene rings is 2. The molecule has 0 radical (unpaired) electrons. The van der Waals surface area contributed by atoms with E-state index in [0.717, 1.165) is 30.8 Å². The minimum absolute atomic E-state index is 0.601. The molecule has 2 aromatic carbocycles. The van der Waals surface area contributed by atoms with Crippen molar-refractivity contribution >= 4 is 28.7 Å². The van der Waals surface area contributed by atoms with Crippen molar-refractivity contribution in [3.63, 3.8) is 0 Å². The van der Waals surface area contributed by atoms with E-state index in [1.807, 2.05) is 25.1 Å². The van der Waals surface area contributed by atoms with Gasteiger partial charge in [0.2, 0.25) is 0 Å². The highest BCUT2D eigenvalue weighted by atomic mass is 35.5. The van der Waals surface area contributed by atoms with E-state index in [1.165, 1.54) is 5.69 Å². The van der Waals surface area contributed by atoms with Gasteiger partial charge in [-0.25, -0.2) is 0 Å². The number of anilines is 3. The van der Waals surface area contributed by atoms with Crippen LogP contribution in [0.4, 0.5) is 17.1 Å². The number of nitrogens with zero attached hydrogens (tertiary/aromatic N) is 1. The van der Waals surface area contributed by atoms with Crippen LogP contribution in [0.5, 0.6) is 0 Å². The number of para-hydroxylation sites is 1. The summed E-state index contributed by atoms with van der Waals surface area (Å²) in [5.41, 5.74) is 9.82. The Kier molecular flexibility index (Phi) is 5.34. The fourth-order valence-corrected chi connectivity index (χ4v) is 2.41. The molecule has 21 heavy (non-hydrogen) atoms. The first-order chi connectivity index (χ1) is 10.1. The van der Waals surface area contributed by atoms with Crippen molar-refractivity contribution in [3.8, 4) is 0 Å². The maximum atomic E-state index is 6.06. The maximum absolute atomic E-state index is 6.06. The van der Waals surface area contributed by atoms with Crippen LogP contribution in [0.1, 0.15) is 12.0 Å². The normalized spacial score (nSPS) is 10.4. The van der Waals surface area contributed by atoms with E-state index >= 15 is 0 Å². The van der Waals surface area contributed by atoms with Gasteiger partial charge in [-0.05, 0) is 43.2 Å². The maximum Gasteiger partial charge on any atom is 0.0656 e. The summed E-state index contributed by atoms with van der Waals surface area (Å²) in [5, 5.41) is 4.02. The van der Waals surface area contributed by atoms with E-state index in [1.54, 1.807) is 0 Å². The summed E-state index contributed by atoms with van der Waals surface area (Å²) in [6.07, 6.45) is 1.05. The third-order valence-corrected chi connectivity index (χ3v) is 3.85. The van der Waals surface area contributed by atoms with Gasteiger partial charge >= 0.3 is 0 Å². The minimum Gasteiger partial charge on any atom is -0.398 e. The smallest absolute Gasteiger partial charge is 0.0656 e. The van der Waals surface area contributed by atoms with E-state index in [0.29, 0.717) is 10.7 Å². The first-order valence-corrected chi connectivity index (χ1v) is 7.51. The monoisotopic (exact) mass is 303 g/mol. The van der Waals surface area contributed by atoms with Crippen molar-refractivity contribution in [2.45, 2.75) is 13.3 Å². The molecule has 0 aromatic heterocycles. The molecular weight excluding hydrogens is 282 g/mol. The largest absolute Gasteiger partial charge is 0.398 e. The molecule has 0 aliphatic heterocycles. The van der Waals surface area contributed by atoms with Crippen LogP contribution in [0, 0.1) is 6.92 Å². The molecule has 0 bridgehead atoms. The molecule has 0 fully saturated rings. The molecule has 0 saturated carbocycles. The molecule has 0 unspecified atom stereocenters. The molecule has 0 spiro atoms. The van der Waals surface area contributed by atoms with Crippen molar-refractivity contribution in [2.75, 3.05) is 36.1 Å². The molecule has 0 saturated heterocycles. The molecule has 2 aromatic rings. The van der Waals surface area contributed by atoms with Gasteiger partial charge in [0, 0.05) is 31.5 Å². The predicted octanol–water partition coefficient (Wildman–Crippen LogP) is 4.17. The van der Waals surface area contributed by atoms with Crippen molar-refractivity contribution in [1.82, 2.24) is 0 Å². The Balaban J connectivity index is 1.81. The molecule has 4 heteroatoms. The Morgan fingerprint density at radius 2 is 1.90 bits per heavy atom. The average molecular weight is 304 g/mol. The van der Waals surface area contributed by atoms with E-state index in [-0.39, 0.29) is 0 Å². The highest BCUT2D eigenvalue weighted by Crippen LogP contribution is 2.26. The van der Waals surface area contributed by atoms with Gasteiger partial charge in [0.1, 0.15) is 0 Å². The summed E-state index contributed by atoms with van der Waals surface area (Å²) in [6.45, 7) is 3.93. The highest BCUT2D eigenvalue weighted by Gasteiger charge is 2.04. The minimum atomic E-state index is 0.601. The second-order valence-corrected chi connectivity index (χ2v) is 5.63. The number of rotatable bonds is 6. The summed E-state index contributed by atoms with van der Waals surface area (Å²) in [6, 6.07) is 14.2. The second kappa shape index (κ2) is 7.23. The number of halogens is 1. The Labute approximate surface area is 131 Å². The van der Waals surface area contributed by atoms with Crippen molar-refractivity contribution in [2.24, 2.45) is 0 Å². The lowest BCUT2D eigenvalue weighted by Crippen LogP contribution is -2.20. The zero-order valence-corrected chi connectivity index (χ0v) is 13.3. The lowest BCUT2D eigenvalue weighted by Gasteiger charge is -2.19. The first-order valence-electron chi connectivity index (χ1n) is 7.13. The number of hydrogen-bond acceptors (Lipinski definition) is 3. The van der Waals surface area contributed by atoms with E-state index in [2.05, 4.69) is 41.5 Å². The molecule has 3 nitrogen and oxygen atoms in total. The lowest BCUT2D eigenvalue weighted by molar-refractivity contribution is 0.816. The SMILES string of the molecule is Cc1cc(N)c(Cl)cc1NCCCN(C)c1ccccc1. The highest BCUT2D eigenvalue weighted by molar-refractivity contribution is 6.33. The lowest BCUT2D eigenvalue weighted by atomic mass is 10.1. The molecule has 0 aliphatic rings. The third kappa shape index (κ3) is 4.30. The summed E-state index contributed by atoms with van der Waals surface area (Å²) in [7, 11) is 2.11. The van der Waals surface area contributed by atoms with E-state index in [9.17, 15) is 0 Å². The second-order valence-electron chi connectivity index (χ2n) is 5.23. The Morgan fingerprint density at radius 1 is 1.19 bits per heavy atom. The van der Waals surface area contributed by atoms with E-state index < -0.39 is 0 Å². The molecular formula is C17H22ClN3. The van der Waals surface area contributed by atoms with E-state index in [4.69, 9.17) is 17.3 Å². The molecule has 0 amide bonds. The van der Waals surface area contributed by atoms with Crippen molar-refractivity contribution in [1.29, 1.82) is 0 Å². The Hall–Kier alpha value is -1.87. The number of nitrogen functional groups attached to an aromatic ring is 1. The fourth-order valence-electron chi connectivity index (χ4n) is 2.25.